The maximum atomic E-state index is 11.5. The minimum Gasteiger partial charge on any atom is -0.366 e. The molecule has 1 aliphatic heterocycles. The molecule has 1 aromatic heterocycles. The molecule has 5 nitrogen and oxygen atoms in total. The van der Waals surface area contributed by atoms with E-state index in [9.17, 15) is 4.79 Å². The summed E-state index contributed by atoms with van der Waals surface area (Å²) >= 11 is 0. The number of carbonyl (C=O) groups is 1. The lowest BCUT2D eigenvalue weighted by molar-refractivity contribution is 0.0172. The van der Waals surface area contributed by atoms with Crippen LogP contribution in [0.3, 0.4) is 0 Å². The second kappa shape index (κ2) is 4.86. The van der Waals surface area contributed by atoms with Crippen molar-refractivity contribution in [3.05, 3.63) is 30.1 Å². The zero-order valence-electron chi connectivity index (χ0n) is 8.27. The van der Waals surface area contributed by atoms with Crippen LogP contribution in [-0.2, 0) is 4.84 Å². The van der Waals surface area contributed by atoms with Gasteiger partial charge in [-0.2, -0.15) is 0 Å². The van der Waals surface area contributed by atoms with Gasteiger partial charge in [0.1, 0.15) is 0 Å². The van der Waals surface area contributed by atoms with E-state index in [2.05, 4.69) is 15.8 Å². The van der Waals surface area contributed by atoms with Gasteiger partial charge in [0.05, 0.1) is 11.6 Å². The van der Waals surface area contributed by atoms with Crippen molar-refractivity contribution >= 4 is 5.97 Å². The van der Waals surface area contributed by atoms with Crippen LogP contribution in [0, 0.1) is 0 Å². The number of hydrogen-bond donors (Lipinski definition) is 2. The molecule has 15 heavy (non-hydrogen) atoms. The summed E-state index contributed by atoms with van der Waals surface area (Å²) in [6, 6.07) is 3.59. The largest absolute Gasteiger partial charge is 0.366 e. The summed E-state index contributed by atoms with van der Waals surface area (Å²) in [4.78, 5) is 20.2. The van der Waals surface area contributed by atoms with Crippen LogP contribution < -0.4 is 10.8 Å². The first kappa shape index (κ1) is 10.1. The Bertz CT molecular complexity index is 323. The maximum Gasteiger partial charge on any atom is 0.358 e. The molecule has 80 valence electrons. The molecular weight excluding hydrogens is 194 g/mol. The Kier molecular flexibility index (Phi) is 3.26. The van der Waals surface area contributed by atoms with Gasteiger partial charge in [0.25, 0.3) is 0 Å². The van der Waals surface area contributed by atoms with Crippen LogP contribution in [0.1, 0.15) is 16.8 Å². The third-order valence-corrected chi connectivity index (χ3v) is 2.28. The monoisotopic (exact) mass is 207 g/mol. The van der Waals surface area contributed by atoms with Gasteiger partial charge < -0.3 is 10.2 Å². The fourth-order valence-corrected chi connectivity index (χ4v) is 1.43. The lowest BCUT2D eigenvalue weighted by atomic mass is 10.3. The molecule has 0 aromatic carbocycles. The lowest BCUT2D eigenvalue weighted by Gasteiger charge is -2.10. The summed E-state index contributed by atoms with van der Waals surface area (Å²) in [6.07, 6.45) is 4.07. The predicted octanol–water partition coefficient (Wildman–Crippen LogP) is 0.105. The van der Waals surface area contributed by atoms with Gasteiger partial charge in [0.2, 0.25) is 0 Å². The van der Waals surface area contributed by atoms with Gasteiger partial charge in [-0.05, 0) is 25.1 Å². The lowest BCUT2D eigenvalue weighted by Crippen LogP contribution is -2.33. The van der Waals surface area contributed by atoms with E-state index in [1.165, 1.54) is 6.20 Å². The zero-order chi connectivity index (χ0) is 10.5. The van der Waals surface area contributed by atoms with E-state index in [-0.39, 0.29) is 6.04 Å². The van der Waals surface area contributed by atoms with Crippen LogP contribution in [-0.4, -0.2) is 30.1 Å². The van der Waals surface area contributed by atoms with Crippen molar-refractivity contribution in [1.29, 1.82) is 0 Å². The molecule has 0 radical (unpaired) electrons. The SMILES string of the molecule is O=C(ONC1CCNC1)c1cccnc1. The normalized spacial score (nSPS) is 20.1. The fourth-order valence-electron chi connectivity index (χ4n) is 1.43. The molecule has 1 saturated heterocycles. The van der Waals surface area contributed by atoms with E-state index in [1.807, 2.05) is 0 Å². The molecule has 2 heterocycles. The smallest absolute Gasteiger partial charge is 0.358 e. The number of nitrogens with one attached hydrogen (secondary N) is 2. The molecule has 1 aliphatic rings. The molecule has 2 N–H and O–H groups in total. The van der Waals surface area contributed by atoms with Crippen LogP contribution >= 0.6 is 0 Å². The van der Waals surface area contributed by atoms with Crippen LogP contribution in [0.5, 0.6) is 0 Å². The molecule has 0 aliphatic carbocycles. The number of hydrogen-bond acceptors (Lipinski definition) is 5. The number of aromatic nitrogens is 1. The Morgan fingerprint density at radius 3 is 3.27 bits per heavy atom. The van der Waals surface area contributed by atoms with E-state index in [4.69, 9.17) is 4.84 Å². The van der Waals surface area contributed by atoms with Crippen molar-refractivity contribution < 1.29 is 9.63 Å². The minimum absolute atomic E-state index is 0.214. The summed E-state index contributed by atoms with van der Waals surface area (Å²) in [5, 5.41) is 3.17. The average molecular weight is 207 g/mol. The van der Waals surface area contributed by atoms with Crippen molar-refractivity contribution in [2.24, 2.45) is 0 Å². The number of nitrogens with zero attached hydrogens (tertiary/aromatic N) is 1. The predicted molar refractivity (Wildman–Crippen MR) is 54.1 cm³/mol. The second-order valence-corrected chi connectivity index (χ2v) is 3.44. The molecule has 0 saturated carbocycles. The van der Waals surface area contributed by atoms with E-state index in [1.54, 1.807) is 18.3 Å². The molecule has 0 amide bonds. The van der Waals surface area contributed by atoms with Gasteiger partial charge >= 0.3 is 5.97 Å². The van der Waals surface area contributed by atoms with E-state index < -0.39 is 5.97 Å². The summed E-state index contributed by atoms with van der Waals surface area (Å²) in [6.45, 7) is 1.79. The Morgan fingerprint density at radius 1 is 1.67 bits per heavy atom. The molecule has 0 bridgehead atoms. The molecule has 2 rings (SSSR count). The third kappa shape index (κ3) is 2.74. The van der Waals surface area contributed by atoms with Crippen LogP contribution in [0.15, 0.2) is 24.5 Å². The van der Waals surface area contributed by atoms with Gasteiger partial charge in [-0.15, -0.1) is 5.48 Å². The van der Waals surface area contributed by atoms with Gasteiger partial charge in [0, 0.05) is 18.9 Å². The number of rotatable bonds is 3. The molecule has 1 unspecified atom stereocenters. The topological polar surface area (TPSA) is 63.2 Å². The Labute approximate surface area is 87.8 Å². The zero-order valence-corrected chi connectivity index (χ0v) is 8.27. The van der Waals surface area contributed by atoms with E-state index in [0.29, 0.717) is 5.56 Å². The number of pyridine rings is 1. The number of carbonyl (C=O) groups excluding carboxylic acids is 1. The summed E-state index contributed by atoms with van der Waals surface area (Å²) in [5.74, 6) is -0.394. The average Bonchev–Trinajstić information content (AvgIpc) is 2.80. The van der Waals surface area contributed by atoms with E-state index in [0.717, 1.165) is 19.5 Å². The first-order valence-corrected chi connectivity index (χ1v) is 4.94. The van der Waals surface area contributed by atoms with Gasteiger partial charge in [0.15, 0.2) is 0 Å². The number of hydroxylamine groups is 1. The van der Waals surface area contributed by atoms with Gasteiger partial charge in [-0.3, -0.25) is 4.98 Å². The molecule has 1 atom stereocenters. The van der Waals surface area contributed by atoms with Crippen LogP contribution in [0.25, 0.3) is 0 Å². The quantitative estimate of drug-likeness (QED) is 0.688. The summed E-state index contributed by atoms with van der Waals surface area (Å²) in [7, 11) is 0. The Morgan fingerprint density at radius 2 is 2.60 bits per heavy atom. The van der Waals surface area contributed by atoms with Gasteiger partial charge in [-0.1, -0.05) is 0 Å². The summed E-state index contributed by atoms with van der Waals surface area (Å²) < 4.78 is 0. The highest BCUT2D eigenvalue weighted by molar-refractivity contribution is 5.88. The highest BCUT2D eigenvalue weighted by atomic mass is 16.7. The third-order valence-electron chi connectivity index (χ3n) is 2.28. The minimum atomic E-state index is -0.394. The Hall–Kier alpha value is -1.46. The molecule has 5 heteroatoms. The van der Waals surface area contributed by atoms with Gasteiger partial charge in [-0.25, -0.2) is 4.79 Å². The highest BCUT2D eigenvalue weighted by Gasteiger charge is 2.16. The molecule has 1 aromatic rings. The summed E-state index contributed by atoms with van der Waals surface area (Å²) in [5.41, 5.74) is 3.19. The second-order valence-electron chi connectivity index (χ2n) is 3.44. The van der Waals surface area contributed by atoms with E-state index >= 15 is 0 Å². The van der Waals surface area contributed by atoms with Crippen molar-refractivity contribution in [3.8, 4) is 0 Å². The highest BCUT2D eigenvalue weighted by Crippen LogP contribution is 2.00. The standard InChI is InChI=1S/C10H13N3O2/c14-10(8-2-1-4-11-6-8)15-13-9-3-5-12-7-9/h1-2,4,6,9,12-13H,3,5,7H2. The first-order chi connectivity index (χ1) is 7.36. The fraction of sp³-hybridized carbons (Fsp3) is 0.400. The molecule has 0 spiro atoms. The first-order valence-electron chi connectivity index (χ1n) is 4.94. The molecular formula is C10H13N3O2. The van der Waals surface area contributed by atoms with Crippen LogP contribution in [0.4, 0.5) is 0 Å². The van der Waals surface area contributed by atoms with Crippen molar-refractivity contribution in [1.82, 2.24) is 15.8 Å². The van der Waals surface area contributed by atoms with Crippen molar-refractivity contribution in [2.45, 2.75) is 12.5 Å². The maximum absolute atomic E-state index is 11.5. The Balaban J connectivity index is 1.82. The van der Waals surface area contributed by atoms with Crippen molar-refractivity contribution in [3.63, 3.8) is 0 Å². The van der Waals surface area contributed by atoms with Crippen molar-refractivity contribution in [2.75, 3.05) is 13.1 Å². The van der Waals surface area contributed by atoms with Crippen LogP contribution in [0.2, 0.25) is 0 Å². The molecule has 1 fully saturated rings.